The lowest BCUT2D eigenvalue weighted by molar-refractivity contribution is 0.0695. The number of carbonyl (C=O) groups excluding carboxylic acids is 1. The van der Waals surface area contributed by atoms with Crippen molar-refractivity contribution in [3.05, 3.63) is 18.0 Å². The molecule has 0 bridgehead atoms. The highest BCUT2D eigenvalue weighted by Gasteiger charge is 2.23. The Morgan fingerprint density at radius 3 is 2.74 bits per heavy atom. The van der Waals surface area contributed by atoms with Gasteiger partial charge in [0.2, 0.25) is 0 Å². The lowest BCUT2D eigenvalue weighted by Crippen LogP contribution is -2.45. The third kappa shape index (κ3) is 3.99. The molecule has 0 saturated carbocycles. The maximum Gasteiger partial charge on any atom is 0.271 e. The Morgan fingerprint density at radius 1 is 1.53 bits per heavy atom. The van der Waals surface area contributed by atoms with Crippen molar-refractivity contribution in [1.29, 1.82) is 0 Å². The van der Waals surface area contributed by atoms with Crippen LogP contribution in [0.3, 0.4) is 0 Å². The Labute approximate surface area is 110 Å². The summed E-state index contributed by atoms with van der Waals surface area (Å²) in [7, 11) is 1.75. The average Bonchev–Trinajstić information content (AvgIpc) is 2.78. The van der Waals surface area contributed by atoms with Crippen LogP contribution in [-0.4, -0.2) is 52.7 Å². The molecule has 2 heterocycles. The second-order valence-corrected chi connectivity index (χ2v) is 4.81. The number of aryl methyl sites for hydroxylation is 1. The lowest BCUT2D eigenvalue weighted by atomic mass is 10.0. The van der Waals surface area contributed by atoms with Crippen LogP contribution in [0.25, 0.3) is 0 Å². The Kier molecular flexibility index (Phi) is 4.47. The van der Waals surface area contributed by atoms with E-state index in [9.17, 15) is 13.6 Å². The molecule has 0 unspecified atom stereocenters. The van der Waals surface area contributed by atoms with E-state index in [4.69, 9.17) is 0 Å². The fourth-order valence-electron chi connectivity index (χ4n) is 2.25. The van der Waals surface area contributed by atoms with Crippen molar-refractivity contribution in [3.8, 4) is 0 Å². The second-order valence-electron chi connectivity index (χ2n) is 4.81. The molecule has 1 aromatic heterocycles. The van der Waals surface area contributed by atoms with Crippen molar-refractivity contribution in [2.24, 2.45) is 7.05 Å². The van der Waals surface area contributed by atoms with Crippen LogP contribution in [0.15, 0.2) is 12.3 Å². The van der Waals surface area contributed by atoms with E-state index in [1.807, 2.05) is 0 Å². The fraction of sp³-hybridized carbons (Fsp3) is 0.667. The number of alkyl halides is 2. The van der Waals surface area contributed by atoms with Crippen LogP contribution in [0, 0.1) is 0 Å². The van der Waals surface area contributed by atoms with Crippen molar-refractivity contribution < 1.29 is 13.6 Å². The number of aromatic nitrogens is 2. The smallest absolute Gasteiger partial charge is 0.271 e. The summed E-state index contributed by atoms with van der Waals surface area (Å²) in [6, 6.07) is 1.70. The first-order valence-electron chi connectivity index (χ1n) is 6.35. The number of nitrogens with one attached hydrogen (secondary N) is 1. The van der Waals surface area contributed by atoms with E-state index in [1.54, 1.807) is 28.9 Å². The number of rotatable bonds is 4. The number of halogens is 2. The van der Waals surface area contributed by atoms with Gasteiger partial charge in [0.05, 0.1) is 6.54 Å². The van der Waals surface area contributed by atoms with Gasteiger partial charge in [0, 0.05) is 32.4 Å². The molecule has 0 radical (unpaired) electrons. The molecule has 0 spiro atoms. The highest BCUT2D eigenvalue weighted by atomic mass is 19.3. The van der Waals surface area contributed by atoms with Crippen molar-refractivity contribution in [3.63, 3.8) is 0 Å². The number of amides is 1. The Balaban J connectivity index is 1.78. The van der Waals surface area contributed by atoms with Gasteiger partial charge in [0.25, 0.3) is 12.3 Å². The van der Waals surface area contributed by atoms with Crippen LogP contribution in [0.1, 0.15) is 23.3 Å². The van der Waals surface area contributed by atoms with Crippen LogP contribution in [0.5, 0.6) is 0 Å². The van der Waals surface area contributed by atoms with Crippen LogP contribution in [-0.2, 0) is 7.05 Å². The summed E-state index contributed by atoms with van der Waals surface area (Å²) >= 11 is 0. The predicted molar refractivity (Wildman–Crippen MR) is 66.1 cm³/mol. The SMILES string of the molecule is Cn1ccc(C(=O)NC2CCN(CC(F)F)CC2)n1. The summed E-state index contributed by atoms with van der Waals surface area (Å²) in [6.45, 7) is 1.01. The summed E-state index contributed by atoms with van der Waals surface area (Å²) < 4.78 is 26.0. The number of carbonyl (C=O) groups is 1. The van der Waals surface area contributed by atoms with Gasteiger partial charge >= 0.3 is 0 Å². The highest BCUT2D eigenvalue weighted by Crippen LogP contribution is 2.12. The van der Waals surface area contributed by atoms with Gasteiger partial charge in [-0.25, -0.2) is 8.78 Å². The zero-order valence-corrected chi connectivity index (χ0v) is 10.9. The van der Waals surface area contributed by atoms with Crippen molar-refractivity contribution >= 4 is 5.91 Å². The molecular formula is C12H18F2N4O. The third-order valence-corrected chi connectivity index (χ3v) is 3.27. The highest BCUT2D eigenvalue weighted by molar-refractivity contribution is 5.92. The summed E-state index contributed by atoms with van der Waals surface area (Å²) in [5.41, 5.74) is 0.387. The largest absolute Gasteiger partial charge is 0.348 e. The number of piperidine rings is 1. The summed E-state index contributed by atoms with van der Waals surface area (Å²) in [4.78, 5) is 13.6. The molecule has 1 saturated heterocycles. The van der Waals surface area contributed by atoms with Gasteiger partial charge in [-0.2, -0.15) is 5.10 Å². The number of hydrogen-bond acceptors (Lipinski definition) is 3. The van der Waals surface area contributed by atoms with Crippen LogP contribution in [0.4, 0.5) is 8.78 Å². The normalized spacial score (nSPS) is 17.9. The minimum atomic E-state index is -2.29. The Hall–Kier alpha value is -1.50. The third-order valence-electron chi connectivity index (χ3n) is 3.27. The van der Waals surface area contributed by atoms with Gasteiger partial charge in [0.15, 0.2) is 0 Å². The monoisotopic (exact) mass is 272 g/mol. The first-order valence-corrected chi connectivity index (χ1v) is 6.35. The summed E-state index contributed by atoms with van der Waals surface area (Å²) in [6.07, 6.45) is 0.816. The zero-order chi connectivity index (χ0) is 13.8. The molecule has 1 aliphatic rings. The number of likely N-dealkylation sites (tertiary alicyclic amines) is 1. The quantitative estimate of drug-likeness (QED) is 0.885. The van der Waals surface area contributed by atoms with Crippen LogP contribution < -0.4 is 5.32 Å². The van der Waals surface area contributed by atoms with Gasteiger partial charge in [0.1, 0.15) is 5.69 Å². The molecule has 0 aliphatic carbocycles. The van der Waals surface area contributed by atoms with Crippen molar-refractivity contribution in [1.82, 2.24) is 20.0 Å². The van der Waals surface area contributed by atoms with Crippen molar-refractivity contribution in [2.45, 2.75) is 25.3 Å². The molecule has 1 N–H and O–H groups in total. The maximum absolute atomic E-state index is 12.2. The molecule has 5 nitrogen and oxygen atoms in total. The molecule has 1 aliphatic heterocycles. The molecule has 19 heavy (non-hydrogen) atoms. The topological polar surface area (TPSA) is 50.2 Å². The average molecular weight is 272 g/mol. The molecule has 106 valence electrons. The molecule has 1 aromatic rings. The minimum Gasteiger partial charge on any atom is -0.348 e. The Morgan fingerprint density at radius 2 is 2.21 bits per heavy atom. The van der Waals surface area contributed by atoms with E-state index in [0.717, 1.165) is 0 Å². The maximum atomic E-state index is 12.2. The molecule has 0 aromatic carbocycles. The summed E-state index contributed by atoms with van der Waals surface area (Å²) in [5, 5.41) is 6.92. The lowest BCUT2D eigenvalue weighted by Gasteiger charge is -2.31. The molecule has 0 atom stereocenters. The minimum absolute atomic E-state index is 0.0448. The molecule has 2 rings (SSSR count). The van der Waals surface area contributed by atoms with Gasteiger partial charge in [-0.15, -0.1) is 0 Å². The van der Waals surface area contributed by atoms with Gasteiger partial charge in [-0.05, 0) is 18.9 Å². The Bertz CT molecular complexity index is 427. The van der Waals surface area contributed by atoms with Gasteiger partial charge < -0.3 is 5.32 Å². The standard InChI is InChI=1S/C12H18F2N4O/c1-17-5-4-10(16-17)12(19)15-9-2-6-18(7-3-9)8-11(13)14/h4-5,9,11H,2-3,6-8H2,1H3,(H,15,19). The van der Waals surface area contributed by atoms with E-state index in [2.05, 4.69) is 10.4 Å². The van der Waals surface area contributed by atoms with Gasteiger partial charge in [-0.3, -0.25) is 14.4 Å². The first-order chi connectivity index (χ1) is 9.04. The van der Waals surface area contributed by atoms with Crippen LogP contribution in [0.2, 0.25) is 0 Å². The summed E-state index contributed by atoms with van der Waals surface area (Å²) in [5.74, 6) is -0.201. The molecule has 1 fully saturated rings. The first kappa shape index (κ1) is 13.9. The van der Waals surface area contributed by atoms with E-state index < -0.39 is 6.43 Å². The second kappa shape index (κ2) is 6.10. The molecule has 1 amide bonds. The van der Waals surface area contributed by atoms with E-state index in [-0.39, 0.29) is 18.5 Å². The van der Waals surface area contributed by atoms with E-state index >= 15 is 0 Å². The molecule has 7 heteroatoms. The van der Waals surface area contributed by atoms with E-state index in [0.29, 0.717) is 31.6 Å². The van der Waals surface area contributed by atoms with Crippen molar-refractivity contribution in [2.75, 3.05) is 19.6 Å². The molecular weight excluding hydrogens is 254 g/mol. The van der Waals surface area contributed by atoms with E-state index in [1.165, 1.54) is 0 Å². The predicted octanol–water partition coefficient (Wildman–Crippen LogP) is 0.879. The van der Waals surface area contributed by atoms with Crippen LogP contribution >= 0.6 is 0 Å². The number of hydrogen-bond donors (Lipinski definition) is 1. The zero-order valence-electron chi connectivity index (χ0n) is 10.9. The number of nitrogens with zero attached hydrogens (tertiary/aromatic N) is 3. The van der Waals surface area contributed by atoms with Gasteiger partial charge in [-0.1, -0.05) is 0 Å². The fourth-order valence-corrected chi connectivity index (χ4v) is 2.25.